The molecule has 4 aromatic rings. The van der Waals surface area contributed by atoms with Crippen LogP contribution in [0.3, 0.4) is 0 Å². The van der Waals surface area contributed by atoms with Gasteiger partial charge < -0.3 is 10.4 Å². The van der Waals surface area contributed by atoms with Crippen LogP contribution in [-0.4, -0.2) is 27.0 Å². The molecule has 0 saturated carbocycles. The molecule has 1 amide bonds. The lowest BCUT2D eigenvalue weighted by Crippen LogP contribution is -2.26. The predicted molar refractivity (Wildman–Crippen MR) is 137 cm³/mol. The molecule has 3 aromatic carbocycles. The van der Waals surface area contributed by atoms with E-state index in [2.05, 4.69) is 5.32 Å². The Hall–Kier alpha value is -4.20. The maximum absolute atomic E-state index is 13.5. The molecule has 0 aliphatic rings. The van der Waals surface area contributed by atoms with E-state index in [4.69, 9.17) is 15.1 Å². The van der Waals surface area contributed by atoms with E-state index in [1.54, 1.807) is 42.5 Å². The van der Waals surface area contributed by atoms with E-state index in [-0.39, 0.29) is 35.9 Å². The fourth-order valence-electron chi connectivity index (χ4n) is 4.14. The van der Waals surface area contributed by atoms with Gasteiger partial charge in [-0.15, -0.1) is 0 Å². The molecule has 0 radical (unpaired) electrons. The first kappa shape index (κ1) is 25.9. The van der Waals surface area contributed by atoms with Crippen molar-refractivity contribution in [1.29, 1.82) is 0 Å². The van der Waals surface area contributed by atoms with Crippen LogP contribution in [0.25, 0.3) is 22.3 Å². The summed E-state index contributed by atoms with van der Waals surface area (Å²) >= 11 is 0. The molecule has 0 fully saturated rings. The number of fused-ring (bicyclic) bond motifs is 1. The third kappa shape index (κ3) is 6.52. The van der Waals surface area contributed by atoms with Crippen LogP contribution in [0.1, 0.15) is 54.3 Å². The van der Waals surface area contributed by atoms with Gasteiger partial charge in [-0.2, -0.15) is 0 Å². The van der Waals surface area contributed by atoms with E-state index < -0.39 is 5.97 Å². The van der Waals surface area contributed by atoms with E-state index >= 15 is 0 Å². The summed E-state index contributed by atoms with van der Waals surface area (Å²) in [5, 5.41) is 12.0. The molecule has 190 valence electrons. The van der Waals surface area contributed by atoms with Crippen molar-refractivity contribution >= 4 is 22.9 Å². The molecule has 0 saturated heterocycles. The number of aromatic nitrogens is 2. The summed E-state index contributed by atoms with van der Waals surface area (Å²) in [7, 11) is 0. The molecule has 2 N–H and O–H groups in total. The topological polar surface area (TPSA) is 92.2 Å². The minimum absolute atomic E-state index is 0.0451. The highest BCUT2D eigenvalue weighted by atomic mass is 19.1. The van der Waals surface area contributed by atoms with Gasteiger partial charge in [0.1, 0.15) is 11.6 Å². The van der Waals surface area contributed by atoms with Gasteiger partial charge in [0.05, 0.1) is 28.5 Å². The van der Waals surface area contributed by atoms with Gasteiger partial charge in [0.2, 0.25) is 0 Å². The Labute approximate surface area is 213 Å². The number of aliphatic carboxylic acids is 1. The Morgan fingerprint density at radius 1 is 0.892 bits per heavy atom. The monoisotopic (exact) mass is 503 g/mol. The fourth-order valence-corrected chi connectivity index (χ4v) is 4.14. The van der Waals surface area contributed by atoms with Gasteiger partial charge in [-0.25, -0.2) is 18.7 Å². The van der Waals surface area contributed by atoms with Crippen LogP contribution >= 0.6 is 0 Å². The molecule has 8 heteroatoms. The lowest BCUT2D eigenvalue weighted by molar-refractivity contribution is -0.138. The van der Waals surface area contributed by atoms with Crippen LogP contribution in [0, 0.1) is 17.6 Å². The summed E-state index contributed by atoms with van der Waals surface area (Å²) in [6.45, 7) is 3.68. The van der Waals surface area contributed by atoms with Crippen LogP contribution in [0.15, 0.2) is 66.7 Å². The first-order valence-electron chi connectivity index (χ1n) is 12.0. The minimum Gasteiger partial charge on any atom is -0.481 e. The van der Waals surface area contributed by atoms with Crippen molar-refractivity contribution in [2.24, 2.45) is 5.92 Å². The molecular formula is C29H27F2N3O3. The maximum Gasteiger partial charge on any atom is 0.303 e. The molecule has 0 spiro atoms. The number of carbonyl (C=O) groups is 2. The van der Waals surface area contributed by atoms with Gasteiger partial charge in [-0.3, -0.25) is 9.59 Å². The summed E-state index contributed by atoms with van der Waals surface area (Å²) in [6, 6.07) is 16.6. The summed E-state index contributed by atoms with van der Waals surface area (Å²) < 4.78 is 26.7. The highest BCUT2D eigenvalue weighted by Gasteiger charge is 2.17. The number of hydrogen-bond donors (Lipinski definition) is 2. The average Bonchev–Trinajstić information content (AvgIpc) is 2.87. The molecule has 0 aliphatic carbocycles. The molecule has 0 aliphatic heterocycles. The number of benzene rings is 3. The Bertz CT molecular complexity index is 1420. The Kier molecular flexibility index (Phi) is 7.86. The standard InChI is InChI=1S/C29H27F2N3O3/c1-17(15-27(35)36)3-13-25-28(20-6-11-23(31)12-7-20)34-24-14-8-21(16-26(24)33-25)29(37)32-18(2)19-4-9-22(30)10-5-19/h4-12,14,16-18H,3,13,15H2,1-2H3,(H,32,37)(H,35,36)/t17-,18+/m0/s1. The maximum atomic E-state index is 13.5. The number of nitrogens with one attached hydrogen (secondary N) is 1. The van der Waals surface area contributed by atoms with Crippen molar-refractivity contribution in [1.82, 2.24) is 15.3 Å². The lowest BCUT2D eigenvalue weighted by Gasteiger charge is -2.15. The number of nitrogens with zero attached hydrogens (tertiary/aromatic N) is 2. The number of halogens is 2. The number of carbonyl (C=O) groups excluding carboxylic acids is 1. The van der Waals surface area contributed by atoms with E-state index in [0.717, 1.165) is 5.56 Å². The van der Waals surface area contributed by atoms with Crippen molar-refractivity contribution in [3.05, 3.63) is 95.2 Å². The van der Waals surface area contributed by atoms with E-state index in [1.807, 2.05) is 13.8 Å². The number of amides is 1. The second kappa shape index (κ2) is 11.2. The quantitative estimate of drug-likeness (QED) is 0.288. The van der Waals surface area contributed by atoms with Crippen molar-refractivity contribution in [2.45, 2.75) is 39.2 Å². The molecule has 2 atom stereocenters. The molecule has 37 heavy (non-hydrogen) atoms. The zero-order valence-electron chi connectivity index (χ0n) is 20.5. The highest BCUT2D eigenvalue weighted by molar-refractivity contribution is 5.97. The molecule has 0 unspecified atom stereocenters. The zero-order valence-corrected chi connectivity index (χ0v) is 20.5. The molecular weight excluding hydrogens is 476 g/mol. The fraction of sp³-hybridized carbons (Fsp3) is 0.241. The van der Waals surface area contributed by atoms with Crippen molar-refractivity contribution < 1.29 is 23.5 Å². The van der Waals surface area contributed by atoms with Crippen LogP contribution in [0.4, 0.5) is 8.78 Å². The second-order valence-electron chi connectivity index (χ2n) is 9.22. The second-order valence-corrected chi connectivity index (χ2v) is 9.22. The van der Waals surface area contributed by atoms with Gasteiger partial charge in [0.25, 0.3) is 5.91 Å². The summed E-state index contributed by atoms with van der Waals surface area (Å²) in [6.07, 6.45) is 1.10. The molecule has 4 rings (SSSR count). The minimum atomic E-state index is -0.860. The smallest absolute Gasteiger partial charge is 0.303 e. The summed E-state index contributed by atoms with van der Waals surface area (Å²) in [4.78, 5) is 33.6. The van der Waals surface area contributed by atoms with Crippen LogP contribution in [-0.2, 0) is 11.2 Å². The zero-order chi connectivity index (χ0) is 26.5. The van der Waals surface area contributed by atoms with E-state index in [1.165, 1.54) is 24.3 Å². The van der Waals surface area contributed by atoms with E-state index in [0.29, 0.717) is 46.4 Å². The van der Waals surface area contributed by atoms with Crippen molar-refractivity contribution in [3.63, 3.8) is 0 Å². The normalized spacial score (nSPS) is 12.8. The number of hydrogen-bond acceptors (Lipinski definition) is 4. The summed E-state index contributed by atoms with van der Waals surface area (Å²) in [5.41, 5.74) is 4.21. The van der Waals surface area contributed by atoms with Gasteiger partial charge in [-0.1, -0.05) is 19.1 Å². The van der Waals surface area contributed by atoms with Gasteiger partial charge in [-0.05, 0) is 85.8 Å². The molecule has 1 heterocycles. The van der Waals surface area contributed by atoms with Crippen LogP contribution in [0.2, 0.25) is 0 Å². The highest BCUT2D eigenvalue weighted by Crippen LogP contribution is 2.27. The van der Waals surface area contributed by atoms with Crippen LogP contribution in [0.5, 0.6) is 0 Å². The third-order valence-corrected chi connectivity index (χ3v) is 6.23. The average molecular weight is 504 g/mol. The largest absolute Gasteiger partial charge is 0.481 e. The predicted octanol–water partition coefficient (Wildman–Crippen LogP) is 6.11. The third-order valence-electron chi connectivity index (χ3n) is 6.23. The van der Waals surface area contributed by atoms with Gasteiger partial charge >= 0.3 is 5.97 Å². The Morgan fingerprint density at radius 2 is 1.54 bits per heavy atom. The summed E-state index contributed by atoms with van der Waals surface area (Å²) in [5.74, 6) is -1.94. The molecule has 1 aromatic heterocycles. The molecule has 0 bridgehead atoms. The number of aryl methyl sites for hydroxylation is 1. The SMILES string of the molecule is C[C@@H](CCc1nc2cc(C(=O)N[C@H](C)c3ccc(F)cc3)ccc2nc1-c1ccc(F)cc1)CC(=O)O. The van der Waals surface area contributed by atoms with Gasteiger partial charge in [0.15, 0.2) is 0 Å². The van der Waals surface area contributed by atoms with Gasteiger partial charge in [0, 0.05) is 17.5 Å². The van der Waals surface area contributed by atoms with E-state index in [9.17, 15) is 18.4 Å². The number of rotatable bonds is 9. The number of carboxylic acids is 1. The van der Waals surface area contributed by atoms with Crippen molar-refractivity contribution in [2.75, 3.05) is 0 Å². The molecule has 6 nitrogen and oxygen atoms in total. The Balaban J connectivity index is 1.64. The number of carboxylic acid groups (broad SMARTS) is 1. The van der Waals surface area contributed by atoms with Crippen molar-refractivity contribution in [3.8, 4) is 11.3 Å². The Morgan fingerprint density at radius 3 is 2.19 bits per heavy atom. The van der Waals surface area contributed by atoms with Crippen LogP contribution < -0.4 is 5.32 Å². The first-order valence-corrected chi connectivity index (χ1v) is 12.0. The first-order chi connectivity index (χ1) is 17.7. The lowest BCUT2D eigenvalue weighted by atomic mass is 9.98.